The molecule has 1 unspecified atom stereocenters. The molecule has 36 heavy (non-hydrogen) atoms. The number of thiophene rings is 1. The highest BCUT2D eigenvalue weighted by molar-refractivity contribution is 8.01. The Kier molecular flexibility index (Phi) is 9.87. The number of carboxylic acids is 1. The van der Waals surface area contributed by atoms with Crippen molar-refractivity contribution in [3.05, 3.63) is 52.5 Å². The smallest absolute Gasteiger partial charge is 0.303 e. The number of halogens is 2. The molecule has 2 aromatic heterocycles. The Bertz CT molecular complexity index is 1160. The van der Waals surface area contributed by atoms with E-state index in [0.717, 1.165) is 53.5 Å². The van der Waals surface area contributed by atoms with Gasteiger partial charge in [-0.15, -0.1) is 23.1 Å². The summed E-state index contributed by atoms with van der Waals surface area (Å²) in [7, 11) is 1.59. The van der Waals surface area contributed by atoms with Crippen molar-refractivity contribution in [2.45, 2.75) is 42.5 Å². The van der Waals surface area contributed by atoms with Crippen LogP contribution in [-0.2, 0) is 4.79 Å². The third-order valence-electron chi connectivity index (χ3n) is 6.93. The van der Waals surface area contributed by atoms with Crippen molar-refractivity contribution in [2.24, 2.45) is 11.8 Å². The number of carboxylic acid groups (broad SMARTS) is 1. The first-order chi connectivity index (χ1) is 17.4. The Morgan fingerprint density at radius 3 is 2.94 bits per heavy atom. The van der Waals surface area contributed by atoms with E-state index in [1.165, 1.54) is 4.21 Å². The second-order valence-corrected chi connectivity index (χ2v) is 12.4. The van der Waals surface area contributed by atoms with Gasteiger partial charge in [-0.25, -0.2) is 4.39 Å². The van der Waals surface area contributed by atoms with Crippen LogP contribution in [-0.4, -0.2) is 53.5 Å². The zero-order valence-corrected chi connectivity index (χ0v) is 22.8. The van der Waals surface area contributed by atoms with Gasteiger partial charge < -0.3 is 14.7 Å². The molecule has 3 atom stereocenters. The van der Waals surface area contributed by atoms with E-state index in [0.29, 0.717) is 24.2 Å². The van der Waals surface area contributed by atoms with E-state index < -0.39 is 12.1 Å². The van der Waals surface area contributed by atoms with Crippen LogP contribution >= 0.6 is 34.7 Å². The van der Waals surface area contributed by atoms with Gasteiger partial charge in [-0.05, 0) is 92.6 Å². The lowest BCUT2D eigenvalue weighted by atomic mass is 9.79. The summed E-state index contributed by atoms with van der Waals surface area (Å²) in [6, 6.07) is 11.2. The number of carbonyl (C=O) groups is 1. The third kappa shape index (κ3) is 7.34. The molecule has 1 saturated heterocycles. The number of piperidine rings is 1. The molecule has 4 rings (SSSR count). The van der Waals surface area contributed by atoms with E-state index in [2.05, 4.69) is 16.0 Å². The minimum atomic E-state index is -1.13. The van der Waals surface area contributed by atoms with Crippen LogP contribution in [0.2, 0.25) is 4.34 Å². The lowest BCUT2D eigenvalue weighted by molar-refractivity contribution is -0.139. The fourth-order valence-corrected chi connectivity index (χ4v) is 7.40. The number of hydrogen-bond donors (Lipinski definition) is 1. The molecule has 0 spiro atoms. The van der Waals surface area contributed by atoms with E-state index in [9.17, 15) is 9.90 Å². The normalized spacial score (nSPS) is 19.4. The molecule has 1 aliphatic rings. The molecule has 9 heteroatoms. The topological polar surface area (TPSA) is 62.7 Å². The van der Waals surface area contributed by atoms with Gasteiger partial charge in [0.15, 0.2) is 0 Å². The van der Waals surface area contributed by atoms with Gasteiger partial charge in [-0.2, -0.15) is 0 Å². The summed E-state index contributed by atoms with van der Waals surface area (Å²) in [5.74, 6) is 1.16. The van der Waals surface area contributed by atoms with Gasteiger partial charge >= 0.3 is 5.97 Å². The lowest BCUT2D eigenvalue weighted by Crippen LogP contribution is -2.42. The molecule has 0 amide bonds. The summed E-state index contributed by atoms with van der Waals surface area (Å²) in [5.41, 5.74) is 1.36. The lowest BCUT2D eigenvalue weighted by Gasteiger charge is -2.38. The molecule has 1 aromatic carbocycles. The van der Waals surface area contributed by atoms with E-state index in [1.54, 1.807) is 30.7 Å². The summed E-state index contributed by atoms with van der Waals surface area (Å²) in [6.45, 7) is 2.65. The van der Waals surface area contributed by atoms with E-state index in [-0.39, 0.29) is 18.3 Å². The van der Waals surface area contributed by atoms with Crippen LogP contribution in [0.15, 0.2) is 46.8 Å². The molecule has 1 fully saturated rings. The Balaban J connectivity index is 1.31. The van der Waals surface area contributed by atoms with Gasteiger partial charge in [-0.3, -0.25) is 9.78 Å². The van der Waals surface area contributed by atoms with Crippen molar-refractivity contribution in [3.8, 4) is 5.75 Å². The van der Waals surface area contributed by atoms with Gasteiger partial charge in [0.2, 0.25) is 0 Å². The van der Waals surface area contributed by atoms with E-state index >= 15 is 4.39 Å². The molecule has 0 radical (unpaired) electrons. The highest BCUT2D eigenvalue weighted by Crippen LogP contribution is 2.36. The maximum Gasteiger partial charge on any atom is 0.303 e. The molecule has 194 valence electrons. The molecule has 0 aliphatic carbocycles. The minimum absolute atomic E-state index is 0.0430. The number of hydrogen-bond acceptors (Lipinski definition) is 6. The summed E-state index contributed by atoms with van der Waals surface area (Å²) in [6.07, 6.45) is 3.64. The number of benzene rings is 1. The third-order valence-corrected chi connectivity index (χ3v) is 9.48. The van der Waals surface area contributed by atoms with E-state index in [1.807, 2.05) is 36.0 Å². The SMILES string of the molecule is COc1ccc2nccc(C(F)CC[C@@H]3CCN(CCCSc4ccc(Cl)s4)C[C@@H]3CC(=O)O)c2c1. The van der Waals surface area contributed by atoms with Crippen LogP contribution in [0.5, 0.6) is 5.75 Å². The van der Waals surface area contributed by atoms with Crippen LogP contribution in [0.3, 0.4) is 0 Å². The second kappa shape index (κ2) is 13.1. The number of nitrogens with zero attached hydrogens (tertiary/aromatic N) is 2. The summed E-state index contributed by atoms with van der Waals surface area (Å²) in [5, 5.41) is 10.3. The second-order valence-electron chi connectivity index (χ2n) is 9.30. The minimum Gasteiger partial charge on any atom is -0.497 e. The van der Waals surface area contributed by atoms with Gasteiger partial charge in [0.1, 0.15) is 11.9 Å². The first kappa shape index (κ1) is 27.2. The highest BCUT2D eigenvalue weighted by atomic mass is 35.5. The number of aliphatic carboxylic acids is 1. The van der Waals surface area contributed by atoms with Crippen molar-refractivity contribution in [3.63, 3.8) is 0 Å². The first-order valence-corrected chi connectivity index (χ1v) is 14.5. The summed E-state index contributed by atoms with van der Waals surface area (Å²) >= 11 is 9.41. The number of pyridine rings is 1. The largest absolute Gasteiger partial charge is 0.497 e. The van der Waals surface area contributed by atoms with E-state index in [4.69, 9.17) is 16.3 Å². The molecule has 0 bridgehead atoms. The van der Waals surface area contributed by atoms with Crippen LogP contribution in [0.4, 0.5) is 4.39 Å². The molecule has 0 saturated carbocycles. The number of ether oxygens (including phenoxy) is 1. The van der Waals surface area contributed by atoms with Crippen molar-refractivity contribution in [1.29, 1.82) is 0 Å². The molecular formula is C27H32ClFN2O3S2. The molecule has 3 aromatic rings. The summed E-state index contributed by atoms with van der Waals surface area (Å²) < 4.78 is 22.8. The Labute approximate surface area is 225 Å². The predicted molar refractivity (Wildman–Crippen MR) is 146 cm³/mol. The van der Waals surface area contributed by atoms with Crippen LogP contribution in [0, 0.1) is 11.8 Å². The zero-order chi connectivity index (χ0) is 25.5. The van der Waals surface area contributed by atoms with Gasteiger partial charge in [-0.1, -0.05) is 11.6 Å². The van der Waals surface area contributed by atoms with Crippen LogP contribution in [0.1, 0.15) is 43.8 Å². The fraction of sp³-hybridized carbons (Fsp3) is 0.481. The number of rotatable bonds is 12. The summed E-state index contributed by atoms with van der Waals surface area (Å²) in [4.78, 5) is 18.3. The van der Waals surface area contributed by atoms with Gasteiger partial charge in [0.25, 0.3) is 0 Å². The maximum absolute atomic E-state index is 15.5. The number of alkyl halides is 1. The average molecular weight is 551 g/mol. The Hall–Kier alpha value is -1.87. The van der Waals surface area contributed by atoms with Gasteiger partial charge in [0, 0.05) is 30.3 Å². The Morgan fingerprint density at radius 2 is 2.19 bits per heavy atom. The van der Waals surface area contributed by atoms with Crippen molar-refractivity contribution >= 4 is 51.6 Å². The number of aromatic nitrogens is 1. The van der Waals surface area contributed by atoms with Crippen molar-refractivity contribution in [1.82, 2.24) is 9.88 Å². The molecular weight excluding hydrogens is 519 g/mol. The average Bonchev–Trinajstić information content (AvgIpc) is 3.29. The van der Waals surface area contributed by atoms with Crippen molar-refractivity contribution < 1.29 is 19.0 Å². The Morgan fingerprint density at radius 1 is 1.33 bits per heavy atom. The molecule has 5 nitrogen and oxygen atoms in total. The maximum atomic E-state index is 15.5. The zero-order valence-electron chi connectivity index (χ0n) is 20.4. The number of fused-ring (bicyclic) bond motifs is 1. The van der Waals surface area contributed by atoms with Crippen LogP contribution in [0.25, 0.3) is 10.9 Å². The predicted octanol–water partition coefficient (Wildman–Crippen LogP) is 7.34. The number of thioether (sulfide) groups is 1. The van der Waals surface area contributed by atoms with Gasteiger partial charge in [0.05, 0.1) is 21.2 Å². The monoisotopic (exact) mass is 550 g/mol. The molecule has 1 aliphatic heterocycles. The quantitative estimate of drug-likeness (QED) is 0.188. The standard InChI is InChI=1S/C27H32ClFN2O3S2/c1-34-20-4-6-24-22(16-20)21(9-11-30-24)23(29)5-3-18-10-13-31(17-19(18)15-26(32)33)12-2-14-35-27-8-7-25(28)36-27/h4,6-9,11,16,18-19,23H,2-3,5,10,12-15,17H2,1H3,(H,32,33)/t18-,19+,23?/m1/s1. The molecule has 3 heterocycles. The molecule has 1 N–H and O–H groups in total. The number of methoxy groups -OCH3 is 1. The first-order valence-electron chi connectivity index (χ1n) is 12.3. The number of likely N-dealkylation sites (tertiary alicyclic amines) is 1. The fourth-order valence-electron chi connectivity index (χ4n) is 5.09. The van der Waals surface area contributed by atoms with Crippen molar-refractivity contribution in [2.75, 3.05) is 32.5 Å². The van der Waals surface area contributed by atoms with Crippen LogP contribution < -0.4 is 4.74 Å². The highest BCUT2D eigenvalue weighted by Gasteiger charge is 2.31.